The lowest BCUT2D eigenvalue weighted by molar-refractivity contribution is 0.175. The Morgan fingerprint density at radius 2 is 2.09 bits per heavy atom. The fraction of sp³-hybridized carbons (Fsp3) is 0.778. The van der Waals surface area contributed by atoms with E-state index in [9.17, 15) is 0 Å². The first kappa shape index (κ1) is 8.75. The van der Waals surface area contributed by atoms with Crippen LogP contribution in [-0.2, 0) is 4.74 Å². The van der Waals surface area contributed by atoms with Gasteiger partial charge in [-0.25, -0.2) is 0 Å². The van der Waals surface area contributed by atoms with Gasteiger partial charge in [-0.2, -0.15) is 0 Å². The van der Waals surface area contributed by atoms with E-state index >= 15 is 0 Å². The molecule has 0 aliphatic carbocycles. The fourth-order valence-corrected chi connectivity index (χ4v) is 1.07. The van der Waals surface area contributed by atoms with Gasteiger partial charge in [-0.1, -0.05) is 6.58 Å². The summed E-state index contributed by atoms with van der Waals surface area (Å²) in [6.07, 6.45) is 0.565. The summed E-state index contributed by atoms with van der Waals surface area (Å²) in [6.45, 7) is 10.2. The second kappa shape index (κ2) is 2.95. The number of hydrogen-bond donors (Lipinski definition) is 0. The third-order valence-corrected chi connectivity index (χ3v) is 2.17. The molecule has 0 spiro atoms. The molecule has 0 aromatic carbocycles. The van der Waals surface area contributed by atoms with Crippen LogP contribution in [0.15, 0.2) is 12.2 Å². The lowest BCUT2D eigenvalue weighted by Gasteiger charge is -2.18. The largest absolute Gasteiger partial charge is 0.348 e. The molecule has 1 aliphatic heterocycles. The van der Waals surface area contributed by atoms with Crippen molar-refractivity contribution in [3.8, 4) is 0 Å². The molecule has 0 amide bonds. The summed E-state index contributed by atoms with van der Waals surface area (Å²) in [6, 6.07) is 0.546. The quantitative estimate of drug-likeness (QED) is 0.455. The van der Waals surface area contributed by atoms with E-state index in [0.29, 0.717) is 6.04 Å². The van der Waals surface area contributed by atoms with Crippen LogP contribution in [0, 0.1) is 0 Å². The van der Waals surface area contributed by atoms with E-state index in [2.05, 4.69) is 32.4 Å². The molecule has 2 atom stereocenters. The minimum atomic E-state index is 0.280. The number of hydrogen-bond acceptors (Lipinski definition) is 2. The second-order valence-electron chi connectivity index (χ2n) is 3.55. The highest BCUT2D eigenvalue weighted by atomic mass is 16.6. The molecule has 2 heteroatoms. The molecule has 0 bridgehead atoms. The highest BCUT2D eigenvalue weighted by Crippen LogP contribution is 2.30. The standard InChI is InChI=1S/C9H17NO/c1-6(2)8-9(11-8)10(5)7(3)4/h7-9H,1H2,2-5H3. The molecular weight excluding hydrogens is 138 g/mol. The smallest absolute Gasteiger partial charge is 0.142 e. The van der Waals surface area contributed by atoms with E-state index in [0.717, 1.165) is 5.57 Å². The van der Waals surface area contributed by atoms with Gasteiger partial charge in [0.15, 0.2) is 0 Å². The summed E-state index contributed by atoms with van der Waals surface area (Å²) in [5, 5.41) is 0. The van der Waals surface area contributed by atoms with Gasteiger partial charge in [-0.3, -0.25) is 4.90 Å². The molecule has 1 fully saturated rings. The Morgan fingerprint density at radius 1 is 1.55 bits per heavy atom. The van der Waals surface area contributed by atoms with Gasteiger partial charge in [0.25, 0.3) is 0 Å². The van der Waals surface area contributed by atoms with Crippen molar-refractivity contribution in [1.29, 1.82) is 0 Å². The molecule has 0 saturated carbocycles. The molecule has 11 heavy (non-hydrogen) atoms. The number of rotatable bonds is 3. The summed E-state index contributed by atoms with van der Waals surface area (Å²) >= 11 is 0. The van der Waals surface area contributed by atoms with Crippen LogP contribution in [0.4, 0.5) is 0 Å². The summed E-state index contributed by atoms with van der Waals surface area (Å²) in [4.78, 5) is 2.22. The SMILES string of the molecule is C=C(C)C1OC1N(C)C(C)C. The Kier molecular flexibility index (Phi) is 2.35. The molecular formula is C9H17NO. The molecule has 1 aliphatic rings. The highest BCUT2D eigenvalue weighted by molar-refractivity contribution is 5.09. The van der Waals surface area contributed by atoms with Crippen molar-refractivity contribution in [2.45, 2.75) is 39.1 Å². The predicted octanol–water partition coefficient (Wildman–Crippen LogP) is 1.63. The average molecular weight is 155 g/mol. The molecule has 2 nitrogen and oxygen atoms in total. The lowest BCUT2D eigenvalue weighted by Crippen LogP contribution is -2.30. The minimum Gasteiger partial charge on any atom is -0.348 e. The molecule has 0 radical (unpaired) electrons. The van der Waals surface area contributed by atoms with E-state index in [4.69, 9.17) is 4.74 Å². The van der Waals surface area contributed by atoms with Crippen LogP contribution < -0.4 is 0 Å². The first-order valence-electron chi connectivity index (χ1n) is 4.07. The van der Waals surface area contributed by atoms with Crippen molar-refractivity contribution in [2.24, 2.45) is 0 Å². The van der Waals surface area contributed by atoms with Crippen LogP contribution >= 0.6 is 0 Å². The maximum atomic E-state index is 5.43. The number of nitrogens with zero attached hydrogens (tertiary/aromatic N) is 1. The van der Waals surface area contributed by atoms with Crippen LogP contribution in [0.1, 0.15) is 20.8 Å². The third kappa shape index (κ3) is 1.82. The molecule has 64 valence electrons. The van der Waals surface area contributed by atoms with Gasteiger partial charge in [0.2, 0.25) is 0 Å². The number of likely N-dealkylation sites (N-methyl/N-ethyl adjacent to an activating group) is 1. The average Bonchev–Trinajstić information content (AvgIpc) is 2.63. The Hall–Kier alpha value is -0.340. The molecule has 1 heterocycles. The van der Waals surface area contributed by atoms with Crippen LogP contribution in [0.25, 0.3) is 0 Å². The van der Waals surface area contributed by atoms with Gasteiger partial charge in [0, 0.05) is 6.04 Å². The first-order chi connectivity index (χ1) is 5.04. The summed E-state index contributed by atoms with van der Waals surface area (Å²) < 4.78 is 5.43. The van der Waals surface area contributed by atoms with Gasteiger partial charge >= 0.3 is 0 Å². The van der Waals surface area contributed by atoms with Gasteiger partial charge in [0.05, 0.1) is 0 Å². The first-order valence-corrected chi connectivity index (χ1v) is 4.07. The van der Waals surface area contributed by atoms with Crippen molar-refractivity contribution in [3.63, 3.8) is 0 Å². The van der Waals surface area contributed by atoms with E-state index in [-0.39, 0.29) is 12.3 Å². The van der Waals surface area contributed by atoms with Crippen molar-refractivity contribution >= 4 is 0 Å². The number of epoxide rings is 1. The number of ether oxygens (including phenoxy) is 1. The summed E-state index contributed by atoms with van der Waals surface area (Å²) in [7, 11) is 2.08. The fourth-order valence-electron chi connectivity index (χ4n) is 1.07. The maximum absolute atomic E-state index is 5.43. The minimum absolute atomic E-state index is 0.280. The molecule has 0 N–H and O–H groups in total. The molecule has 1 rings (SSSR count). The van der Waals surface area contributed by atoms with Crippen molar-refractivity contribution in [2.75, 3.05) is 7.05 Å². The third-order valence-electron chi connectivity index (χ3n) is 2.17. The second-order valence-corrected chi connectivity index (χ2v) is 3.55. The van der Waals surface area contributed by atoms with Crippen molar-refractivity contribution < 1.29 is 4.74 Å². The van der Waals surface area contributed by atoms with Crippen LogP contribution in [0.5, 0.6) is 0 Å². The molecule has 0 aromatic heterocycles. The van der Waals surface area contributed by atoms with Crippen LogP contribution in [-0.4, -0.2) is 30.3 Å². The molecule has 1 saturated heterocycles. The maximum Gasteiger partial charge on any atom is 0.142 e. The van der Waals surface area contributed by atoms with Gasteiger partial charge in [-0.15, -0.1) is 0 Å². The topological polar surface area (TPSA) is 15.8 Å². The molecule has 0 aromatic rings. The Balaban J connectivity index is 2.37. The lowest BCUT2D eigenvalue weighted by atomic mass is 10.2. The summed E-state index contributed by atoms with van der Waals surface area (Å²) in [5.41, 5.74) is 1.13. The van der Waals surface area contributed by atoms with Crippen LogP contribution in [0.3, 0.4) is 0 Å². The Bertz CT molecular complexity index is 165. The normalized spacial score (nSPS) is 29.6. The highest BCUT2D eigenvalue weighted by Gasteiger charge is 2.43. The predicted molar refractivity (Wildman–Crippen MR) is 46.4 cm³/mol. The monoisotopic (exact) mass is 155 g/mol. The Morgan fingerprint density at radius 3 is 2.36 bits per heavy atom. The zero-order valence-corrected chi connectivity index (χ0v) is 7.79. The van der Waals surface area contributed by atoms with E-state index in [1.54, 1.807) is 0 Å². The van der Waals surface area contributed by atoms with Gasteiger partial charge in [0.1, 0.15) is 12.3 Å². The van der Waals surface area contributed by atoms with E-state index in [1.807, 2.05) is 6.92 Å². The van der Waals surface area contributed by atoms with E-state index in [1.165, 1.54) is 0 Å². The zero-order chi connectivity index (χ0) is 8.59. The van der Waals surface area contributed by atoms with E-state index < -0.39 is 0 Å². The van der Waals surface area contributed by atoms with Crippen molar-refractivity contribution in [3.05, 3.63) is 12.2 Å². The van der Waals surface area contributed by atoms with Gasteiger partial charge < -0.3 is 4.74 Å². The molecule has 2 unspecified atom stereocenters. The summed E-state index contributed by atoms with van der Waals surface area (Å²) in [5.74, 6) is 0. The van der Waals surface area contributed by atoms with Crippen molar-refractivity contribution in [1.82, 2.24) is 4.90 Å². The van der Waals surface area contributed by atoms with Crippen LogP contribution in [0.2, 0.25) is 0 Å². The zero-order valence-electron chi connectivity index (χ0n) is 7.79. The van der Waals surface area contributed by atoms with Gasteiger partial charge in [-0.05, 0) is 33.4 Å². The Labute approximate surface area is 68.8 Å².